The quantitative estimate of drug-likeness (QED) is 0.0151. The monoisotopic (exact) mass is 847 g/mol. The second kappa shape index (κ2) is 39.8. The molecule has 0 fully saturated rings. The van der Waals surface area contributed by atoms with Crippen LogP contribution < -0.4 is 5.73 Å². The van der Waals surface area contributed by atoms with Crippen molar-refractivity contribution in [3.8, 4) is 0 Å². The van der Waals surface area contributed by atoms with Gasteiger partial charge < -0.3 is 30.3 Å². The number of aliphatic hydroxyl groups excluding tert-OH is 1. The molecule has 2 unspecified atom stereocenters. The first-order chi connectivity index (χ1) is 28.5. The van der Waals surface area contributed by atoms with Gasteiger partial charge in [-0.1, -0.05) is 137 Å². The minimum atomic E-state index is -4.78. The Morgan fingerprint density at radius 3 is 1.75 bits per heavy atom. The van der Waals surface area contributed by atoms with Gasteiger partial charge in [0.25, 0.3) is 0 Å². The molecular weight excluding hydrogens is 773 g/mol. The summed E-state index contributed by atoms with van der Waals surface area (Å²) in [5, 5.41) is 19.1. The molecule has 0 spiro atoms. The molecular formula is C46H74NO11P. The van der Waals surface area contributed by atoms with Crippen LogP contribution in [0.25, 0.3) is 0 Å². The molecule has 0 bridgehead atoms. The molecule has 0 aromatic heterocycles. The van der Waals surface area contributed by atoms with Crippen molar-refractivity contribution >= 4 is 25.7 Å². The Morgan fingerprint density at radius 1 is 0.627 bits per heavy atom. The van der Waals surface area contributed by atoms with Crippen LogP contribution in [0.4, 0.5) is 0 Å². The van der Waals surface area contributed by atoms with E-state index in [0.29, 0.717) is 19.3 Å². The average molecular weight is 848 g/mol. The number of rotatable bonds is 38. The number of ether oxygens (including phenoxy) is 2. The lowest BCUT2D eigenvalue weighted by Gasteiger charge is -2.20. The normalized spacial score (nSPS) is 15.2. The number of nitrogens with two attached hydrogens (primary N) is 1. The number of esters is 2. The number of carboxylic acids is 1. The first-order valence-corrected chi connectivity index (χ1v) is 22.9. The highest BCUT2D eigenvalue weighted by molar-refractivity contribution is 7.47. The Balaban J connectivity index is 4.64. The fourth-order valence-corrected chi connectivity index (χ4v) is 5.82. The van der Waals surface area contributed by atoms with E-state index in [-0.39, 0.29) is 12.8 Å². The van der Waals surface area contributed by atoms with Gasteiger partial charge in [0.1, 0.15) is 12.6 Å². The van der Waals surface area contributed by atoms with Gasteiger partial charge in [-0.25, -0.2) is 4.57 Å². The van der Waals surface area contributed by atoms with E-state index >= 15 is 0 Å². The predicted molar refractivity (Wildman–Crippen MR) is 236 cm³/mol. The first kappa shape index (κ1) is 55.4. The number of unbranched alkanes of at least 4 members (excludes halogenated alkanes) is 7. The summed E-state index contributed by atoms with van der Waals surface area (Å²) < 4.78 is 32.5. The molecule has 0 radical (unpaired) electrons. The second-order valence-electron chi connectivity index (χ2n) is 13.9. The maximum Gasteiger partial charge on any atom is 0.472 e. The smallest absolute Gasteiger partial charge is 0.472 e. The van der Waals surface area contributed by atoms with E-state index in [9.17, 15) is 28.9 Å². The SMILES string of the molecule is CC/C=C\C/C=C\C/C=C\C/C=C\C=C\C(O)CCCC(=O)OC[C@H](COP(=O)(O)OC[C@H](N)C(=O)O)OC(=O)CCCCCC/C=C\C/C=C\C/C=C\CCCCC. The highest BCUT2D eigenvalue weighted by Crippen LogP contribution is 2.43. The van der Waals surface area contributed by atoms with E-state index in [2.05, 4.69) is 91.3 Å². The zero-order valence-electron chi connectivity index (χ0n) is 35.7. The number of aliphatic carboxylic acids is 1. The Kier molecular flexibility index (Phi) is 37.3. The summed E-state index contributed by atoms with van der Waals surface area (Å²) in [6.07, 6.45) is 46.5. The molecule has 59 heavy (non-hydrogen) atoms. The van der Waals surface area contributed by atoms with Gasteiger partial charge in [0.2, 0.25) is 0 Å². The number of carboxylic acid groups (broad SMARTS) is 1. The van der Waals surface area contributed by atoms with Crippen LogP contribution in [-0.2, 0) is 37.5 Å². The maximum atomic E-state index is 12.6. The Bertz CT molecular complexity index is 1380. The lowest BCUT2D eigenvalue weighted by Crippen LogP contribution is -2.34. The second-order valence-corrected chi connectivity index (χ2v) is 15.4. The van der Waals surface area contributed by atoms with Crippen molar-refractivity contribution in [3.05, 3.63) is 97.2 Å². The van der Waals surface area contributed by atoms with Crippen LogP contribution in [-0.4, -0.2) is 71.1 Å². The van der Waals surface area contributed by atoms with Crippen molar-refractivity contribution in [3.63, 3.8) is 0 Å². The fourth-order valence-electron chi connectivity index (χ4n) is 5.04. The van der Waals surface area contributed by atoms with Crippen LogP contribution >= 0.6 is 7.82 Å². The molecule has 5 N–H and O–H groups in total. The number of phosphoric ester groups is 1. The summed E-state index contributed by atoms with van der Waals surface area (Å²) in [5.41, 5.74) is 5.32. The lowest BCUT2D eigenvalue weighted by atomic mass is 10.1. The fraction of sp³-hybridized carbons (Fsp3) is 0.587. The van der Waals surface area contributed by atoms with Gasteiger partial charge in [-0.15, -0.1) is 0 Å². The number of aliphatic hydroxyl groups is 1. The zero-order valence-corrected chi connectivity index (χ0v) is 36.6. The molecule has 0 heterocycles. The van der Waals surface area contributed by atoms with Gasteiger partial charge in [-0.3, -0.25) is 23.4 Å². The van der Waals surface area contributed by atoms with Gasteiger partial charge in [-0.2, -0.15) is 0 Å². The van der Waals surface area contributed by atoms with E-state index in [1.165, 1.54) is 19.3 Å². The Labute approximate surface area is 354 Å². The molecule has 0 rings (SSSR count). The van der Waals surface area contributed by atoms with Crippen LogP contribution in [0.15, 0.2) is 97.2 Å². The number of hydrogen-bond acceptors (Lipinski definition) is 10. The van der Waals surface area contributed by atoms with Gasteiger partial charge in [0.15, 0.2) is 6.10 Å². The molecule has 0 aromatic carbocycles. The number of hydrogen-bond donors (Lipinski definition) is 4. The minimum absolute atomic E-state index is 0.0200. The largest absolute Gasteiger partial charge is 0.480 e. The molecule has 4 atom stereocenters. The van der Waals surface area contributed by atoms with Crippen LogP contribution in [0.1, 0.15) is 136 Å². The molecule has 0 amide bonds. The summed E-state index contributed by atoms with van der Waals surface area (Å²) in [6.45, 7) is 2.41. The van der Waals surface area contributed by atoms with Crippen molar-refractivity contribution in [1.29, 1.82) is 0 Å². The Hall–Kier alpha value is -3.64. The van der Waals surface area contributed by atoms with Crippen molar-refractivity contribution in [1.82, 2.24) is 0 Å². The zero-order chi connectivity index (χ0) is 43.7. The van der Waals surface area contributed by atoms with Crippen LogP contribution in [0.3, 0.4) is 0 Å². The molecule has 0 aliphatic carbocycles. The average Bonchev–Trinajstić information content (AvgIpc) is 3.20. The molecule has 334 valence electrons. The van der Waals surface area contributed by atoms with E-state index in [1.807, 2.05) is 12.2 Å². The molecule has 12 nitrogen and oxygen atoms in total. The van der Waals surface area contributed by atoms with E-state index in [0.717, 1.165) is 70.6 Å². The lowest BCUT2D eigenvalue weighted by molar-refractivity contribution is -0.161. The van der Waals surface area contributed by atoms with Crippen LogP contribution in [0.5, 0.6) is 0 Å². The van der Waals surface area contributed by atoms with Crippen molar-refractivity contribution in [2.45, 2.75) is 154 Å². The molecule has 0 saturated carbocycles. The summed E-state index contributed by atoms with van der Waals surface area (Å²) in [7, 11) is -4.78. The van der Waals surface area contributed by atoms with Crippen molar-refractivity contribution in [2.75, 3.05) is 19.8 Å². The first-order valence-electron chi connectivity index (χ1n) is 21.4. The van der Waals surface area contributed by atoms with Gasteiger partial charge in [0, 0.05) is 12.8 Å². The van der Waals surface area contributed by atoms with Crippen LogP contribution in [0, 0.1) is 0 Å². The summed E-state index contributed by atoms with van der Waals surface area (Å²) in [4.78, 5) is 46.0. The van der Waals surface area contributed by atoms with Gasteiger partial charge >= 0.3 is 25.7 Å². The molecule has 0 saturated heterocycles. The topological polar surface area (TPSA) is 192 Å². The van der Waals surface area contributed by atoms with Crippen LogP contribution in [0.2, 0.25) is 0 Å². The summed E-state index contributed by atoms with van der Waals surface area (Å²) in [5.74, 6) is -2.65. The highest BCUT2D eigenvalue weighted by atomic mass is 31.2. The number of carbonyl (C=O) groups excluding carboxylic acids is 2. The summed E-state index contributed by atoms with van der Waals surface area (Å²) >= 11 is 0. The predicted octanol–water partition coefficient (Wildman–Crippen LogP) is 10.2. The standard InChI is InChI=1S/C46H74NO11P/c1-3-5-7-9-11-13-15-17-18-19-20-22-24-26-28-30-32-36-45(50)58-42(39-56-59(53,54)57-40-43(47)46(51)52)38-55-44(49)37-33-35-41(48)34-31-29-27-25-23-21-16-14-12-10-8-6-4-2/h6,8,11-14,17-18,20-23,27,29,31,34,41-43,48H,3-5,7,9-10,15-16,19,24-26,28,30,32-33,35-40,47H2,1-2H3,(H,51,52)(H,53,54)/b8-6-,13-11-,14-12-,18-17-,22-20-,23-21-,29-27-,34-31+/t41?,42-,43+/m1/s1. The molecule has 0 aromatic rings. The van der Waals surface area contributed by atoms with E-state index < -0.39 is 63.8 Å². The number of allylic oxidation sites excluding steroid dienone is 15. The highest BCUT2D eigenvalue weighted by Gasteiger charge is 2.28. The Morgan fingerprint density at radius 2 is 1.15 bits per heavy atom. The molecule has 13 heteroatoms. The van der Waals surface area contributed by atoms with Crippen molar-refractivity contribution < 1.29 is 52.6 Å². The third-order valence-electron chi connectivity index (χ3n) is 8.42. The summed E-state index contributed by atoms with van der Waals surface area (Å²) in [6, 6.07) is -1.56. The third kappa shape index (κ3) is 39.6. The van der Waals surface area contributed by atoms with Crippen molar-refractivity contribution in [2.24, 2.45) is 5.73 Å². The van der Waals surface area contributed by atoms with Gasteiger partial charge in [0.05, 0.1) is 19.3 Å². The van der Waals surface area contributed by atoms with E-state index in [1.54, 1.807) is 12.2 Å². The van der Waals surface area contributed by atoms with E-state index in [4.69, 9.17) is 24.8 Å². The third-order valence-corrected chi connectivity index (χ3v) is 9.37. The molecule has 0 aliphatic heterocycles. The maximum absolute atomic E-state index is 12.6. The number of phosphoric acid groups is 1. The minimum Gasteiger partial charge on any atom is -0.480 e. The molecule has 0 aliphatic rings. The van der Waals surface area contributed by atoms with Gasteiger partial charge in [-0.05, 0) is 83.5 Å². The number of carbonyl (C=O) groups is 3.